The Morgan fingerprint density at radius 3 is 2.57 bits per heavy atom. The molecule has 0 heterocycles. The van der Waals surface area contributed by atoms with Crippen molar-refractivity contribution in [1.82, 2.24) is 5.32 Å². The van der Waals surface area contributed by atoms with Gasteiger partial charge in [-0.1, -0.05) is 6.42 Å². The summed E-state index contributed by atoms with van der Waals surface area (Å²) in [5.74, 6) is 0.348. The number of nitrogens with one attached hydrogen (secondary N) is 1. The highest BCUT2D eigenvalue weighted by Gasteiger charge is 2.39. The maximum atomic E-state index is 13.6. The molecule has 3 N–H and O–H groups in total. The van der Waals surface area contributed by atoms with Crippen LogP contribution in [0.25, 0.3) is 0 Å². The van der Waals surface area contributed by atoms with E-state index in [1.165, 1.54) is 12.5 Å². The first-order valence-corrected chi connectivity index (χ1v) is 8.35. The van der Waals surface area contributed by atoms with E-state index in [-0.39, 0.29) is 18.0 Å². The van der Waals surface area contributed by atoms with Crippen molar-refractivity contribution in [2.75, 3.05) is 0 Å². The fraction of sp³-hybridized carbons (Fsp3) is 0.562. The molecule has 2 aliphatic carbocycles. The van der Waals surface area contributed by atoms with Crippen molar-refractivity contribution >= 4 is 21.8 Å². The van der Waals surface area contributed by atoms with Crippen LogP contribution in [0.3, 0.4) is 0 Å². The summed E-state index contributed by atoms with van der Waals surface area (Å²) in [6.45, 7) is 0. The molecule has 2 saturated carbocycles. The van der Waals surface area contributed by atoms with Gasteiger partial charge < -0.3 is 11.1 Å². The van der Waals surface area contributed by atoms with Gasteiger partial charge >= 0.3 is 0 Å². The zero-order chi connectivity index (χ0) is 15.0. The Morgan fingerprint density at radius 1 is 1.29 bits per heavy atom. The van der Waals surface area contributed by atoms with Gasteiger partial charge in [-0.25, -0.2) is 4.39 Å². The van der Waals surface area contributed by atoms with Crippen LogP contribution in [-0.4, -0.2) is 18.0 Å². The van der Waals surface area contributed by atoms with Gasteiger partial charge in [0.1, 0.15) is 5.82 Å². The van der Waals surface area contributed by atoms with Gasteiger partial charge in [0.05, 0.1) is 4.47 Å². The highest BCUT2D eigenvalue weighted by Crippen LogP contribution is 2.39. The van der Waals surface area contributed by atoms with Crippen molar-refractivity contribution in [3.63, 3.8) is 0 Å². The fourth-order valence-electron chi connectivity index (χ4n) is 3.90. The smallest absolute Gasteiger partial charge is 0.251 e. The molecule has 0 saturated heterocycles. The molecule has 21 heavy (non-hydrogen) atoms. The molecule has 0 radical (unpaired) electrons. The van der Waals surface area contributed by atoms with Crippen LogP contribution in [0, 0.1) is 17.7 Å². The monoisotopic (exact) mass is 354 g/mol. The largest absolute Gasteiger partial charge is 0.349 e. The Morgan fingerprint density at radius 2 is 1.95 bits per heavy atom. The van der Waals surface area contributed by atoms with Crippen LogP contribution >= 0.6 is 15.9 Å². The molecule has 0 spiro atoms. The Kier molecular flexibility index (Phi) is 4.31. The molecule has 2 atom stereocenters. The van der Waals surface area contributed by atoms with Gasteiger partial charge in [-0.2, -0.15) is 0 Å². The Hall–Kier alpha value is -0.940. The molecule has 1 aromatic rings. The van der Waals surface area contributed by atoms with Crippen LogP contribution in [-0.2, 0) is 0 Å². The second kappa shape index (κ2) is 6.05. The lowest BCUT2D eigenvalue weighted by Gasteiger charge is -2.45. The molecular formula is C16H20BrFN2O. The first-order valence-electron chi connectivity index (χ1n) is 7.56. The minimum absolute atomic E-state index is 0.182. The zero-order valence-electron chi connectivity index (χ0n) is 11.8. The fourth-order valence-corrected chi connectivity index (χ4v) is 4.14. The van der Waals surface area contributed by atoms with Gasteiger partial charge in [-0.05, 0) is 71.6 Å². The van der Waals surface area contributed by atoms with Crippen molar-refractivity contribution in [2.24, 2.45) is 17.6 Å². The molecule has 0 aromatic heterocycles. The molecule has 0 aliphatic heterocycles. The quantitative estimate of drug-likeness (QED) is 0.856. The van der Waals surface area contributed by atoms with Crippen molar-refractivity contribution in [3.05, 3.63) is 34.1 Å². The van der Waals surface area contributed by atoms with E-state index in [0.29, 0.717) is 21.9 Å². The zero-order valence-corrected chi connectivity index (χ0v) is 13.4. The maximum absolute atomic E-state index is 13.6. The van der Waals surface area contributed by atoms with Crippen LogP contribution in [0.4, 0.5) is 4.39 Å². The number of nitrogens with two attached hydrogens (primary N) is 1. The Labute approximate surface area is 132 Å². The van der Waals surface area contributed by atoms with E-state index in [0.717, 1.165) is 25.7 Å². The third kappa shape index (κ3) is 3.14. The Bertz CT molecular complexity index is 537. The first kappa shape index (κ1) is 15.0. The van der Waals surface area contributed by atoms with Gasteiger partial charge in [0, 0.05) is 17.6 Å². The van der Waals surface area contributed by atoms with Gasteiger partial charge in [0.25, 0.3) is 5.91 Å². The van der Waals surface area contributed by atoms with E-state index in [1.54, 1.807) is 12.1 Å². The van der Waals surface area contributed by atoms with Crippen LogP contribution in [0.2, 0.25) is 0 Å². The van der Waals surface area contributed by atoms with E-state index in [4.69, 9.17) is 5.73 Å². The number of benzene rings is 1. The van der Waals surface area contributed by atoms with Crippen LogP contribution in [0.15, 0.2) is 22.7 Å². The molecule has 2 bridgehead atoms. The highest BCUT2D eigenvalue weighted by atomic mass is 79.9. The van der Waals surface area contributed by atoms with Gasteiger partial charge in [0.15, 0.2) is 0 Å². The SMILES string of the molecule is NC1CC2CCCC(C1)C2NC(=O)c1ccc(Br)c(F)c1. The second-order valence-corrected chi connectivity index (χ2v) is 7.17. The van der Waals surface area contributed by atoms with Crippen LogP contribution in [0.5, 0.6) is 0 Å². The van der Waals surface area contributed by atoms with Crippen molar-refractivity contribution in [1.29, 1.82) is 0 Å². The van der Waals surface area contributed by atoms with Crippen molar-refractivity contribution < 1.29 is 9.18 Å². The maximum Gasteiger partial charge on any atom is 0.251 e. The van der Waals surface area contributed by atoms with E-state index >= 15 is 0 Å². The standard InChI is InChI=1S/C16H20BrFN2O/c17-13-5-4-11(8-14(13)18)16(21)20-15-9-2-1-3-10(15)7-12(19)6-9/h4-5,8-10,12,15H,1-3,6-7,19H2,(H,20,21). The molecule has 3 rings (SSSR count). The molecule has 114 valence electrons. The summed E-state index contributed by atoms with van der Waals surface area (Å²) < 4.78 is 13.9. The second-order valence-electron chi connectivity index (χ2n) is 6.31. The summed E-state index contributed by atoms with van der Waals surface area (Å²) in [4.78, 5) is 12.4. The van der Waals surface area contributed by atoms with Crippen molar-refractivity contribution in [2.45, 2.75) is 44.2 Å². The van der Waals surface area contributed by atoms with Crippen LogP contribution < -0.4 is 11.1 Å². The predicted octanol–water partition coefficient (Wildman–Crippen LogP) is 3.22. The summed E-state index contributed by atoms with van der Waals surface area (Å²) in [6.07, 6.45) is 5.45. The number of carbonyl (C=O) groups is 1. The molecule has 2 unspecified atom stereocenters. The summed E-state index contributed by atoms with van der Waals surface area (Å²) in [6, 6.07) is 4.95. The number of fused-ring (bicyclic) bond motifs is 2. The summed E-state index contributed by atoms with van der Waals surface area (Å²) in [5, 5.41) is 3.13. The lowest BCUT2D eigenvalue weighted by Crippen LogP contribution is -2.53. The van der Waals surface area contributed by atoms with Crippen molar-refractivity contribution in [3.8, 4) is 0 Å². The number of amides is 1. The van der Waals surface area contributed by atoms with Gasteiger partial charge in [0.2, 0.25) is 0 Å². The van der Waals surface area contributed by atoms with Gasteiger partial charge in [-0.3, -0.25) is 4.79 Å². The van der Waals surface area contributed by atoms with E-state index in [1.807, 2.05) is 0 Å². The summed E-state index contributed by atoms with van der Waals surface area (Å²) >= 11 is 3.10. The number of rotatable bonds is 2. The van der Waals surface area contributed by atoms with Gasteiger partial charge in [-0.15, -0.1) is 0 Å². The molecule has 2 aliphatic rings. The minimum atomic E-state index is -0.409. The third-order valence-electron chi connectivity index (χ3n) is 4.86. The molecule has 3 nitrogen and oxygen atoms in total. The highest BCUT2D eigenvalue weighted by molar-refractivity contribution is 9.10. The molecule has 1 amide bonds. The number of hydrogen-bond acceptors (Lipinski definition) is 2. The summed E-state index contributed by atoms with van der Waals surface area (Å²) in [5.41, 5.74) is 6.48. The minimum Gasteiger partial charge on any atom is -0.349 e. The molecule has 1 aromatic carbocycles. The van der Waals surface area contributed by atoms with E-state index in [9.17, 15) is 9.18 Å². The average molecular weight is 355 g/mol. The topological polar surface area (TPSA) is 55.1 Å². The third-order valence-corrected chi connectivity index (χ3v) is 5.50. The first-order chi connectivity index (χ1) is 10.0. The Balaban J connectivity index is 1.73. The predicted molar refractivity (Wildman–Crippen MR) is 83.4 cm³/mol. The van der Waals surface area contributed by atoms with E-state index < -0.39 is 5.82 Å². The summed E-state index contributed by atoms with van der Waals surface area (Å²) in [7, 11) is 0. The van der Waals surface area contributed by atoms with Crippen LogP contribution in [0.1, 0.15) is 42.5 Å². The number of hydrogen-bond donors (Lipinski definition) is 2. The lowest BCUT2D eigenvalue weighted by atomic mass is 9.67. The number of carbonyl (C=O) groups excluding carboxylic acids is 1. The van der Waals surface area contributed by atoms with E-state index in [2.05, 4.69) is 21.2 Å². The lowest BCUT2D eigenvalue weighted by molar-refractivity contribution is 0.0755. The molecular weight excluding hydrogens is 335 g/mol. The normalized spacial score (nSPS) is 31.8. The number of halogens is 2. The average Bonchev–Trinajstić information content (AvgIpc) is 2.42. The molecule has 2 fully saturated rings. The molecule has 5 heteroatoms.